The SMILES string of the molecule is COc1cccc(NC(=O)COC(=O)c2cn[nH]c2-c2ccc(F)cc2)c1. The van der Waals surface area contributed by atoms with Crippen molar-refractivity contribution in [3.8, 4) is 17.0 Å². The first kappa shape index (κ1) is 18.1. The van der Waals surface area contributed by atoms with Crippen molar-refractivity contribution in [1.82, 2.24) is 10.2 Å². The number of carbonyl (C=O) groups is 2. The maximum Gasteiger partial charge on any atom is 0.342 e. The molecule has 0 radical (unpaired) electrons. The zero-order valence-electron chi connectivity index (χ0n) is 14.4. The van der Waals surface area contributed by atoms with Crippen molar-refractivity contribution in [2.45, 2.75) is 0 Å². The second-order valence-electron chi connectivity index (χ2n) is 5.52. The van der Waals surface area contributed by atoms with Crippen LogP contribution in [0.3, 0.4) is 0 Å². The van der Waals surface area contributed by atoms with Crippen LogP contribution in [0.25, 0.3) is 11.3 Å². The first-order valence-electron chi connectivity index (χ1n) is 7.97. The number of halogens is 1. The molecule has 0 saturated carbocycles. The van der Waals surface area contributed by atoms with Crippen LogP contribution in [0.5, 0.6) is 5.75 Å². The third kappa shape index (κ3) is 4.49. The van der Waals surface area contributed by atoms with Gasteiger partial charge in [0.1, 0.15) is 17.1 Å². The Morgan fingerprint density at radius 3 is 2.70 bits per heavy atom. The highest BCUT2D eigenvalue weighted by Crippen LogP contribution is 2.22. The number of benzene rings is 2. The van der Waals surface area contributed by atoms with Crippen LogP contribution in [0.2, 0.25) is 0 Å². The molecule has 2 aromatic carbocycles. The smallest absolute Gasteiger partial charge is 0.342 e. The molecule has 0 unspecified atom stereocenters. The molecule has 0 atom stereocenters. The van der Waals surface area contributed by atoms with Gasteiger partial charge in [-0.3, -0.25) is 9.89 Å². The van der Waals surface area contributed by atoms with Gasteiger partial charge in [0, 0.05) is 17.3 Å². The van der Waals surface area contributed by atoms with Gasteiger partial charge in [-0.2, -0.15) is 5.10 Å². The van der Waals surface area contributed by atoms with Gasteiger partial charge in [0.2, 0.25) is 0 Å². The van der Waals surface area contributed by atoms with Gasteiger partial charge in [-0.15, -0.1) is 0 Å². The molecule has 1 heterocycles. The molecule has 1 amide bonds. The van der Waals surface area contributed by atoms with E-state index in [1.54, 1.807) is 24.3 Å². The van der Waals surface area contributed by atoms with E-state index < -0.39 is 24.3 Å². The molecule has 0 aliphatic carbocycles. The highest BCUT2D eigenvalue weighted by Gasteiger charge is 2.18. The molecule has 0 aliphatic heterocycles. The molecule has 1 aromatic heterocycles. The van der Waals surface area contributed by atoms with E-state index in [4.69, 9.17) is 9.47 Å². The van der Waals surface area contributed by atoms with E-state index in [-0.39, 0.29) is 5.56 Å². The Labute approximate surface area is 154 Å². The molecular formula is C19H16FN3O4. The number of esters is 1. The number of hydrogen-bond donors (Lipinski definition) is 2. The predicted molar refractivity (Wildman–Crippen MR) is 95.9 cm³/mol. The van der Waals surface area contributed by atoms with E-state index in [0.29, 0.717) is 22.7 Å². The molecule has 0 aliphatic rings. The number of amides is 1. The summed E-state index contributed by atoms with van der Waals surface area (Å²) in [4.78, 5) is 24.3. The average molecular weight is 369 g/mol. The van der Waals surface area contributed by atoms with Gasteiger partial charge < -0.3 is 14.8 Å². The molecule has 7 nitrogen and oxygen atoms in total. The van der Waals surface area contributed by atoms with Gasteiger partial charge in [-0.25, -0.2) is 9.18 Å². The van der Waals surface area contributed by atoms with Crippen molar-refractivity contribution < 1.29 is 23.5 Å². The van der Waals surface area contributed by atoms with E-state index in [1.807, 2.05) is 0 Å². The summed E-state index contributed by atoms with van der Waals surface area (Å²) in [6, 6.07) is 12.4. The lowest BCUT2D eigenvalue weighted by Gasteiger charge is -2.08. The molecule has 0 spiro atoms. The fourth-order valence-electron chi connectivity index (χ4n) is 2.38. The third-order valence-electron chi connectivity index (χ3n) is 3.68. The average Bonchev–Trinajstić information content (AvgIpc) is 3.17. The Morgan fingerprint density at radius 2 is 1.96 bits per heavy atom. The summed E-state index contributed by atoms with van der Waals surface area (Å²) in [6.45, 7) is -0.468. The summed E-state index contributed by atoms with van der Waals surface area (Å²) in [5.74, 6) is -1.02. The standard InChI is InChI=1S/C19H16FN3O4/c1-26-15-4-2-3-14(9-15)22-17(24)11-27-19(25)16-10-21-23-18(16)12-5-7-13(20)8-6-12/h2-10H,11H2,1H3,(H,21,23)(H,22,24). The summed E-state index contributed by atoms with van der Waals surface area (Å²) in [6.07, 6.45) is 1.29. The first-order valence-corrected chi connectivity index (χ1v) is 7.97. The minimum atomic E-state index is -0.719. The van der Waals surface area contributed by atoms with E-state index >= 15 is 0 Å². The number of aromatic amines is 1. The molecule has 8 heteroatoms. The van der Waals surface area contributed by atoms with Gasteiger partial charge in [-0.05, 0) is 36.4 Å². The number of aromatic nitrogens is 2. The Bertz CT molecular complexity index is 954. The van der Waals surface area contributed by atoms with E-state index in [9.17, 15) is 14.0 Å². The Hall–Kier alpha value is -3.68. The minimum absolute atomic E-state index is 0.149. The van der Waals surface area contributed by atoms with Crippen molar-refractivity contribution in [2.24, 2.45) is 0 Å². The lowest BCUT2D eigenvalue weighted by molar-refractivity contribution is -0.119. The zero-order valence-corrected chi connectivity index (χ0v) is 14.4. The number of ether oxygens (including phenoxy) is 2. The Morgan fingerprint density at radius 1 is 1.19 bits per heavy atom. The second kappa shape index (κ2) is 8.13. The van der Waals surface area contributed by atoms with Gasteiger partial charge in [-0.1, -0.05) is 6.07 Å². The molecule has 138 valence electrons. The van der Waals surface area contributed by atoms with E-state index in [1.165, 1.54) is 37.6 Å². The van der Waals surface area contributed by atoms with Crippen LogP contribution in [0.4, 0.5) is 10.1 Å². The van der Waals surface area contributed by atoms with Gasteiger partial charge in [0.15, 0.2) is 6.61 Å². The number of nitrogens with zero attached hydrogens (tertiary/aromatic N) is 1. The van der Waals surface area contributed by atoms with Crippen molar-refractivity contribution in [1.29, 1.82) is 0 Å². The molecule has 2 N–H and O–H groups in total. The van der Waals surface area contributed by atoms with Crippen LogP contribution in [0.1, 0.15) is 10.4 Å². The maximum atomic E-state index is 13.1. The van der Waals surface area contributed by atoms with Crippen molar-refractivity contribution in [3.05, 3.63) is 66.1 Å². The van der Waals surface area contributed by atoms with Crippen molar-refractivity contribution in [2.75, 3.05) is 19.0 Å². The van der Waals surface area contributed by atoms with Crippen LogP contribution in [0.15, 0.2) is 54.7 Å². The summed E-state index contributed by atoms with van der Waals surface area (Å²) >= 11 is 0. The third-order valence-corrected chi connectivity index (χ3v) is 3.68. The van der Waals surface area contributed by atoms with Crippen LogP contribution >= 0.6 is 0 Å². The summed E-state index contributed by atoms with van der Waals surface area (Å²) < 4.78 is 23.2. The maximum absolute atomic E-state index is 13.1. The first-order chi connectivity index (χ1) is 13.1. The summed E-state index contributed by atoms with van der Waals surface area (Å²) in [7, 11) is 1.52. The number of carbonyl (C=O) groups excluding carboxylic acids is 2. The molecule has 0 fully saturated rings. The number of anilines is 1. The van der Waals surface area contributed by atoms with Crippen LogP contribution in [-0.2, 0) is 9.53 Å². The fourth-order valence-corrected chi connectivity index (χ4v) is 2.38. The number of rotatable bonds is 6. The van der Waals surface area contributed by atoms with E-state index in [2.05, 4.69) is 15.5 Å². The molecule has 27 heavy (non-hydrogen) atoms. The number of H-pyrrole nitrogens is 1. The van der Waals surface area contributed by atoms with Gasteiger partial charge in [0.05, 0.1) is 19.0 Å². The highest BCUT2D eigenvalue weighted by atomic mass is 19.1. The van der Waals surface area contributed by atoms with Crippen molar-refractivity contribution in [3.63, 3.8) is 0 Å². The van der Waals surface area contributed by atoms with Crippen LogP contribution in [-0.4, -0.2) is 35.8 Å². The normalized spacial score (nSPS) is 10.3. The monoisotopic (exact) mass is 369 g/mol. The zero-order chi connectivity index (χ0) is 19.2. The molecule has 3 aromatic rings. The molecular weight excluding hydrogens is 353 g/mol. The van der Waals surface area contributed by atoms with Gasteiger partial charge in [0.25, 0.3) is 5.91 Å². The number of methoxy groups -OCH3 is 1. The summed E-state index contributed by atoms with van der Waals surface area (Å²) in [5.41, 5.74) is 1.62. The molecule has 3 rings (SSSR count). The molecule has 0 bridgehead atoms. The number of nitrogens with one attached hydrogen (secondary N) is 2. The van der Waals surface area contributed by atoms with E-state index in [0.717, 1.165) is 0 Å². The van der Waals surface area contributed by atoms with Crippen LogP contribution < -0.4 is 10.1 Å². The van der Waals surface area contributed by atoms with Crippen molar-refractivity contribution >= 4 is 17.6 Å². The lowest BCUT2D eigenvalue weighted by atomic mass is 10.1. The Balaban J connectivity index is 1.62. The van der Waals surface area contributed by atoms with Gasteiger partial charge >= 0.3 is 5.97 Å². The largest absolute Gasteiger partial charge is 0.497 e. The lowest BCUT2D eigenvalue weighted by Crippen LogP contribution is -2.21. The Kier molecular flexibility index (Phi) is 5.46. The molecule has 0 saturated heterocycles. The topological polar surface area (TPSA) is 93.3 Å². The highest BCUT2D eigenvalue weighted by molar-refractivity contribution is 5.98. The number of hydrogen-bond acceptors (Lipinski definition) is 5. The quantitative estimate of drug-likeness (QED) is 0.652. The fraction of sp³-hybridized carbons (Fsp3) is 0.105. The summed E-state index contributed by atoms with van der Waals surface area (Å²) in [5, 5.41) is 9.11. The second-order valence-corrected chi connectivity index (χ2v) is 5.52. The minimum Gasteiger partial charge on any atom is -0.497 e. The predicted octanol–water partition coefficient (Wildman–Crippen LogP) is 3.02. The van der Waals surface area contributed by atoms with Crippen LogP contribution in [0, 0.1) is 5.82 Å².